The van der Waals surface area contributed by atoms with E-state index in [-0.39, 0.29) is 18.2 Å². The van der Waals surface area contributed by atoms with Crippen LogP contribution in [0.3, 0.4) is 0 Å². The largest absolute Gasteiger partial charge is 0.386 e. The monoisotopic (exact) mass is 339 g/mol. The standard InChI is InChI=1S/C16H21NO3S2/c18-14(16-9-13-7-3-4-8-15(13)21-16)10-17-22(19,20)11-12-5-1-2-6-12/h3-4,7-9,12,14,17-18H,1-2,5-6,10-11H2. The third-order valence-electron chi connectivity index (χ3n) is 4.20. The van der Waals surface area contributed by atoms with Crippen molar-refractivity contribution < 1.29 is 13.5 Å². The summed E-state index contributed by atoms with van der Waals surface area (Å²) in [6, 6.07) is 9.83. The highest BCUT2D eigenvalue weighted by Gasteiger charge is 2.23. The van der Waals surface area contributed by atoms with E-state index in [0.717, 1.165) is 40.6 Å². The molecule has 0 amide bonds. The summed E-state index contributed by atoms with van der Waals surface area (Å²) in [5.74, 6) is 0.463. The smallest absolute Gasteiger partial charge is 0.211 e. The number of fused-ring (bicyclic) bond motifs is 1. The molecule has 0 bridgehead atoms. The van der Waals surface area contributed by atoms with Crippen molar-refractivity contribution in [3.63, 3.8) is 0 Å². The topological polar surface area (TPSA) is 66.4 Å². The molecule has 1 heterocycles. The van der Waals surface area contributed by atoms with Crippen molar-refractivity contribution >= 4 is 31.4 Å². The van der Waals surface area contributed by atoms with Gasteiger partial charge in [-0.05, 0) is 36.3 Å². The molecule has 1 saturated carbocycles. The van der Waals surface area contributed by atoms with Crippen LogP contribution in [0.15, 0.2) is 30.3 Å². The molecule has 1 aromatic carbocycles. The third kappa shape index (κ3) is 3.87. The van der Waals surface area contributed by atoms with Crippen molar-refractivity contribution in [3.8, 4) is 0 Å². The third-order valence-corrected chi connectivity index (χ3v) is 6.93. The Morgan fingerprint density at radius 1 is 1.27 bits per heavy atom. The first-order chi connectivity index (χ1) is 10.5. The first-order valence-corrected chi connectivity index (χ1v) is 10.1. The number of hydrogen-bond donors (Lipinski definition) is 2. The minimum absolute atomic E-state index is 0.0435. The SMILES string of the molecule is O=S(=O)(CC1CCCC1)NCC(O)c1cc2ccccc2s1. The Balaban J connectivity index is 1.60. The molecule has 1 aliphatic rings. The van der Waals surface area contributed by atoms with E-state index in [1.165, 1.54) is 11.3 Å². The van der Waals surface area contributed by atoms with Gasteiger partial charge in [-0.25, -0.2) is 13.1 Å². The molecule has 3 rings (SSSR count). The maximum atomic E-state index is 12.1. The van der Waals surface area contributed by atoms with Crippen molar-refractivity contribution in [1.29, 1.82) is 0 Å². The Labute approximate surface area is 135 Å². The van der Waals surface area contributed by atoms with Crippen LogP contribution >= 0.6 is 11.3 Å². The van der Waals surface area contributed by atoms with Crippen molar-refractivity contribution in [2.45, 2.75) is 31.8 Å². The van der Waals surface area contributed by atoms with E-state index >= 15 is 0 Å². The molecule has 6 heteroatoms. The lowest BCUT2D eigenvalue weighted by molar-refractivity contribution is 0.186. The average molecular weight is 339 g/mol. The van der Waals surface area contributed by atoms with Gasteiger partial charge in [-0.1, -0.05) is 31.0 Å². The predicted octanol–water partition coefficient (Wildman–Crippen LogP) is 3.04. The average Bonchev–Trinajstić information content (AvgIpc) is 3.13. The van der Waals surface area contributed by atoms with Gasteiger partial charge in [0.25, 0.3) is 0 Å². The second-order valence-electron chi connectivity index (χ2n) is 5.98. The van der Waals surface area contributed by atoms with Gasteiger partial charge in [0.05, 0.1) is 5.75 Å². The van der Waals surface area contributed by atoms with Crippen LogP contribution in [0.5, 0.6) is 0 Å². The van der Waals surface area contributed by atoms with Crippen LogP contribution in [0.4, 0.5) is 0 Å². The first kappa shape index (κ1) is 15.9. The normalized spacial score (nSPS) is 18.0. The molecule has 2 N–H and O–H groups in total. The summed E-state index contributed by atoms with van der Waals surface area (Å²) in [4.78, 5) is 0.796. The van der Waals surface area contributed by atoms with Gasteiger partial charge in [-0.2, -0.15) is 0 Å². The van der Waals surface area contributed by atoms with Gasteiger partial charge >= 0.3 is 0 Å². The van der Waals surface area contributed by atoms with Crippen LogP contribution in [0.2, 0.25) is 0 Å². The zero-order valence-corrected chi connectivity index (χ0v) is 14.0. The Morgan fingerprint density at radius 2 is 2.00 bits per heavy atom. The van der Waals surface area contributed by atoms with Gasteiger partial charge in [0.2, 0.25) is 10.0 Å². The summed E-state index contributed by atoms with van der Waals surface area (Å²) in [5.41, 5.74) is 0. The first-order valence-electron chi connectivity index (χ1n) is 7.67. The van der Waals surface area contributed by atoms with Gasteiger partial charge in [-0.3, -0.25) is 0 Å². The Bertz CT molecular complexity index is 700. The highest BCUT2D eigenvalue weighted by Crippen LogP contribution is 2.30. The molecule has 1 aliphatic carbocycles. The number of nitrogens with one attached hydrogen (secondary N) is 1. The van der Waals surface area contributed by atoms with Crippen LogP contribution in [-0.2, 0) is 10.0 Å². The van der Waals surface area contributed by atoms with E-state index in [0.29, 0.717) is 0 Å². The Morgan fingerprint density at radius 3 is 2.73 bits per heavy atom. The minimum Gasteiger partial charge on any atom is -0.386 e. The Hall–Kier alpha value is -0.950. The Kier molecular flexibility index (Phi) is 4.82. The van der Waals surface area contributed by atoms with Crippen LogP contribution in [0, 0.1) is 5.92 Å². The number of benzene rings is 1. The van der Waals surface area contributed by atoms with E-state index in [1.807, 2.05) is 30.3 Å². The fourth-order valence-electron chi connectivity index (χ4n) is 3.02. The van der Waals surface area contributed by atoms with Gasteiger partial charge in [0.15, 0.2) is 0 Å². The van der Waals surface area contributed by atoms with Crippen molar-refractivity contribution in [2.75, 3.05) is 12.3 Å². The van der Waals surface area contributed by atoms with Crippen LogP contribution in [0.1, 0.15) is 36.7 Å². The lowest BCUT2D eigenvalue weighted by Gasteiger charge is -2.13. The second kappa shape index (κ2) is 6.66. The quantitative estimate of drug-likeness (QED) is 0.850. The number of aliphatic hydroxyl groups excluding tert-OH is 1. The summed E-state index contributed by atoms with van der Waals surface area (Å²) >= 11 is 1.50. The van der Waals surface area contributed by atoms with Gasteiger partial charge < -0.3 is 5.11 Å². The molecule has 120 valence electrons. The zero-order valence-electron chi connectivity index (χ0n) is 12.4. The van der Waals surface area contributed by atoms with Crippen LogP contribution in [-0.4, -0.2) is 25.8 Å². The van der Waals surface area contributed by atoms with Crippen molar-refractivity contribution in [2.24, 2.45) is 5.92 Å². The molecule has 1 unspecified atom stereocenters. The maximum absolute atomic E-state index is 12.1. The highest BCUT2D eigenvalue weighted by molar-refractivity contribution is 7.89. The molecule has 1 atom stereocenters. The summed E-state index contributed by atoms with van der Waals surface area (Å²) in [7, 11) is -3.30. The summed E-state index contributed by atoms with van der Waals surface area (Å²) < 4.78 is 27.8. The van der Waals surface area contributed by atoms with E-state index in [9.17, 15) is 13.5 Å². The molecule has 4 nitrogen and oxygen atoms in total. The maximum Gasteiger partial charge on any atom is 0.211 e. The molecule has 0 radical (unpaired) electrons. The van der Waals surface area contributed by atoms with E-state index in [4.69, 9.17) is 0 Å². The molecule has 1 aromatic heterocycles. The van der Waals surface area contributed by atoms with Crippen LogP contribution in [0.25, 0.3) is 10.1 Å². The number of hydrogen-bond acceptors (Lipinski definition) is 4. The number of rotatable bonds is 6. The number of aliphatic hydroxyl groups is 1. The van der Waals surface area contributed by atoms with Gasteiger partial charge in [0.1, 0.15) is 6.10 Å². The molecule has 1 fully saturated rings. The fourth-order valence-corrected chi connectivity index (χ4v) is 5.55. The summed E-state index contributed by atoms with van der Waals surface area (Å²) in [6.45, 7) is 0.0435. The van der Waals surface area contributed by atoms with E-state index in [1.54, 1.807) is 0 Å². The molecule has 0 saturated heterocycles. The lowest BCUT2D eigenvalue weighted by Crippen LogP contribution is -2.32. The molecule has 0 spiro atoms. The second-order valence-corrected chi connectivity index (χ2v) is 8.95. The molecular formula is C16H21NO3S2. The molecular weight excluding hydrogens is 318 g/mol. The fraction of sp³-hybridized carbons (Fsp3) is 0.500. The number of thiophene rings is 1. The predicted molar refractivity (Wildman–Crippen MR) is 90.5 cm³/mol. The van der Waals surface area contributed by atoms with Crippen molar-refractivity contribution in [3.05, 3.63) is 35.2 Å². The zero-order chi connectivity index (χ0) is 15.6. The highest BCUT2D eigenvalue weighted by atomic mass is 32.2. The number of sulfonamides is 1. The van der Waals surface area contributed by atoms with Gasteiger partial charge in [0, 0.05) is 16.1 Å². The van der Waals surface area contributed by atoms with Crippen LogP contribution < -0.4 is 4.72 Å². The summed E-state index contributed by atoms with van der Waals surface area (Å²) in [5, 5.41) is 11.3. The molecule has 22 heavy (non-hydrogen) atoms. The summed E-state index contributed by atoms with van der Waals surface area (Å²) in [6.07, 6.45) is 3.46. The van der Waals surface area contributed by atoms with Gasteiger partial charge in [-0.15, -0.1) is 11.3 Å². The van der Waals surface area contributed by atoms with Crippen molar-refractivity contribution in [1.82, 2.24) is 4.72 Å². The van der Waals surface area contributed by atoms with E-state index in [2.05, 4.69) is 4.72 Å². The lowest BCUT2D eigenvalue weighted by atomic mass is 10.1. The van der Waals surface area contributed by atoms with E-state index < -0.39 is 16.1 Å². The molecule has 0 aliphatic heterocycles. The minimum atomic E-state index is -3.30. The molecule has 2 aromatic rings.